The maximum Gasteiger partial charge on any atom is 0.326 e. The second kappa shape index (κ2) is 11.2. The zero-order chi connectivity index (χ0) is 30.1. The van der Waals surface area contributed by atoms with Crippen molar-refractivity contribution in [2.75, 3.05) is 16.0 Å². The molecule has 0 saturated heterocycles. The second-order valence-electron chi connectivity index (χ2n) is 9.38. The lowest BCUT2D eigenvalue weighted by atomic mass is 9.99. The van der Waals surface area contributed by atoms with Gasteiger partial charge >= 0.3 is 23.4 Å². The van der Waals surface area contributed by atoms with Gasteiger partial charge in [0.25, 0.3) is 5.91 Å². The van der Waals surface area contributed by atoms with E-state index >= 15 is 0 Å². The van der Waals surface area contributed by atoms with Gasteiger partial charge in [-0.1, -0.05) is 40.2 Å². The number of rotatable bonds is 5. The van der Waals surface area contributed by atoms with Crippen molar-refractivity contribution in [2.24, 2.45) is 0 Å². The molecule has 2 heterocycles. The molecule has 0 bridgehead atoms. The highest BCUT2D eigenvalue weighted by atomic mass is 79.9. The first kappa shape index (κ1) is 27.3. The molecule has 8 N–H and O–H groups in total. The van der Waals surface area contributed by atoms with Crippen molar-refractivity contribution in [2.45, 2.75) is 0 Å². The minimum atomic E-state index is -0.808. The molecule has 0 aliphatic carbocycles. The molecule has 5 amide bonds. The van der Waals surface area contributed by atoms with Crippen molar-refractivity contribution >= 4 is 73.0 Å². The van der Waals surface area contributed by atoms with E-state index in [1.54, 1.807) is 66.7 Å². The van der Waals surface area contributed by atoms with E-state index in [1.165, 1.54) is 6.07 Å². The van der Waals surface area contributed by atoms with E-state index in [-0.39, 0.29) is 5.69 Å². The summed E-state index contributed by atoms with van der Waals surface area (Å²) in [4.78, 5) is 73.8. The number of H-pyrrole nitrogens is 4. The quantitative estimate of drug-likeness (QED) is 0.130. The molecule has 0 fully saturated rings. The number of urea groups is 2. The van der Waals surface area contributed by atoms with Gasteiger partial charge in [0.05, 0.1) is 27.8 Å². The Morgan fingerprint density at radius 2 is 1.35 bits per heavy atom. The van der Waals surface area contributed by atoms with Crippen molar-refractivity contribution in [3.05, 3.63) is 110 Å². The molecule has 14 heteroatoms. The van der Waals surface area contributed by atoms with E-state index in [0.717, 1.165) is 4.47 Å². The SMILES string of the molecule is O=C(NC(=O)c1ccccc1)Nc1cc(-c2c(NC(=O)Nc3cccc(Br)c3)ccc3[nH]c(=O)[nH]c23)c2[nH]c(=O)[nH]c2c1. The van der Waals surface area contributed by atoms with Crippen LogP contribution in [0.1, 0.15) is 10.4 Å². The van der Waals surface area contributed by atoms with Crippen molar-refractivity contribution in [3.63, 3.8) is 0 Å². The fourth-order valence-corrected chi connectivity index (χ4v) is 5.08. The monoisotopic (exact) mass is 640 g/mol. The van der Waals surface area contributed by atoms with Gasteiger partial charge in [0.15, 0.2) is 0 Å². The first-order valence-corrected chi connectivity index (χ1v) is 13.6. The van der Waals surface area contributed by atoms with Crippen molar-refractivity contribution < 1.29 is 14.4 Å². The number of aromatic amines is 4. The van der Waals surface area contributed by atoms with Crippen LogP contribution in [0.3, 0.4) is 0 Å². The third kappa shape index (κ3) is 5.80. The van der Waals surface area contributed by atoms with Gasteiger partial charge in [-0.3, -0.25) is 10.1 Å². The first-order chi connectivity index (χ1) is 20.7. The lowest BCUT2D eigenvalue weighted by molar-refractivity contribution is 0.0967. The Morgan fingerprint density at radius 3 is 2.12 bits per heavy atom. The number of anilines is 3. The van der Waals surface area contributed by atoms with Crippen LogP contribution in [0.2, 0.25) is 0 Å². The van der Waals surface area contributed by atoms with Crippen molar-refractivity contribution in [3.8, 4) is 11.1 Å². The standard InChI is InChI=1S/C29H21BrN8O5/c30-15-7-4-8-16(11-15)31-26(40)33-19-9-10-20-24(37-28(42)34-20)22(19)18-12-17(13-21-23(18)36-29(43)35-21)32-27(41)38-25(39)14-5-2-1-3-6-14/h1-13H,(H2,31,33,40)(H2,34,37,42)(H2,35,36,43)(H2,32,38,39,41). The molecule has 0 unspecified atom stereocenters. The summed E-state index contributed by atoms with van der Waals surface area (Å²) >= 11 is 3.37. The zero-order valence-corrected chi connectivity index (χ0v) is 23.5. The van der Waals surface area contributed by atoms with Gasteiger partial charge in [0.1, 0.15) is 0 Å². The molecule has 0 aliphatic rings. The molecule has 13 nitrogen and oxygen atoms in total. The van der Waals surface area contributed by atoms with Crippen LogP contribution in [0.5, 0.6) is 0 Å². The van der Waals surface area contributed by atoms with Gasteiger partial charge in [0.2, 0.25) is 0 Å². The van der Waals surface area contributed by atoms with Crippen molar-refractivity contribution in [1.82, 2.24) is 25.3 Å². The summed E-state index contributed by atoms with van der Waals surface area (Å²) in [5.41, 5.74) is 2.50. The first-order valence-electron chi connectivity index (χ1n) is 12.8. The van der Waals surface area contributed by atoms with E-state index in [2.05, 4.69) is 57.1 Å². The maximum atomic E-state index is 13.0. The van der Waals surface area contributed by atoms with Gasteiger partial charge in [-0.05, 0) is 54.6 Å². The van der Waals surface area contributed by atoms with Crippen molar-refractivity contribution in [1.29, 1.82) is 0 Å². The molecular formula is C29H21BrN8O5. The average Bonchev–Trinajstić information content (AvgIpc) is 3.53. The second-order valence-corrected chi connectivity index (χ2v) is 10.3. The average molecular weight is 641 g/mol. The fraction of sp³-hybridized carbons (Fsp3) is 0. The Bertz CT molecular complexity index is 2160. The summed E-state index contributed by atoms with van der Waals surface area (Å²) in [6.07, 6.45) is 0. The predicted molar refractivity (Wildman–Crippen MR) is 167 cm³/mol. The van der Waals surface area contributed by atoms with Crippen LogP contribution in [0.15, 0.2) is 92.9 Å². The van der Waals surface area contributed by atoms with E-state index in [0.29, 0.717) is 50.1 Å². The lowest BCUT2D eigenvalue weighted by Crippen LogP contribution is -2.34. The Kier molecular flexibility index (Phi) is 7.09. The normalized spacial score (nSPS) is 10.9. The summed E-state index contributed by atoms with van der Waals surface area (Å²) in [6, 6.07) is 20.2. The van der Waals surface area contributed by atoms with Crippen LogP contribution in [0.4, 0.5) is 26.7 Å². The number of imide groups is 1. The Hall–Kier alpha value is -5.89. The van der Waals surface area contributed by atoms with E-state index in [4.69, 9.17) is 0 Å². The van der Waals surface area contributed by atoms with Crippen LogP contribution >= 0.6 is 15.9 Å². The Balaban J connectivity index is 1.40. The number of nitrogens with one attached hydrogen (secondary N) is 8. The van der Waals surface area contributed by atoms with E-state index in [1.807, 2.05) is 6.07 Å². The summed E-state index contributed by atoms with van der Waals surface area (Å²) in [5.74, 6) is -0.605. The molecule has 43 heavy (non-hydrogen) atoms. The molecule has 0 saturated carbocycles. The zero-order valence-electron chi connectivity index (χ0n) is 21.9. The smallest absolute Gasteiger partial charge is 0.308 e. The highest BCUT2D eigenvalue weighted by Crippen LogP contribution is 2.38. The molecule has 214 valence electrons. The molecule has 0 aliphatic heterocycles. The summed E-state index contributed by atoms with van der Waals surface area (Å²) in [5, 5.41) is 10.4. The number of carbonyl (C=O) groups is 3. The highest BCUT2D eigenvalue weighted by molar-refractivity contribution is 9.10. The molecular weight excluding hydrogens is 620 g/mol. The molecule has 0 spiro atoms. The Labute approximate surface area is 249 Å². The number of amides is 5. The van der Waals surface area contributed by atoms with Crippen LogP contribution < -0.4 is 32.6 Å². The summed E-state index contributed by atoms with van der Waals surface area (Å²) < 4.78 is 0.773. The largest absolute Gasteiger partial charge is 0.326 e. The minimum absolute atomic E-state index is 0.218. The number of carbonyl (C=O) groups excluding carboxylic acids is 3. The number of hydrogen-bond donors (Lipinski definition) is 8. The molecule has 0 atom stereocenters. The highest BCUT2D eigenvalue weighted by Gasteiger charge is 2.20. The van der Waals surface area contributed by atoms with Gasteiger partial charge in [-0.25, -0.2) is 19.2 Å². The number of fused-ring (bicyclic) bond motifs is 2. The number of benzene rings is 4. The fourth-order valence-electron chi connectivity index (χ4n) is 4.68. The number of aromatic nitrogens is 4. The predicted octanol–water partition coefficient (Wildman–Crippen LogP) is 5.06. The van der Waals surface area contributed by atoms with E-state index < -0.39 is 29.3 Å². The molecule has 6 rings (SSSR count). The molecule has 4 aromatic carbocycles. The number of hydrogen-bond acceptors (Lipinski definition) is 5. The summed E-state index contributed by atoms with van der Waals surface area (Å²) in [7, 11) is 0. The van der Waals surface area contributed by atoms with Gasteiger partial charge in [-0.2, -0.15) is 0 Å². The van der Waals surface area contributed by atoms with Crippen LogP contribution in [-0.4, -0.2) is 37.9 Å². The third-order valence-electron chi connectivity index (χ3n) is 6.44. The summed E-state index contributed by atoms with van der Waals surface area (Å²) in [6.45, 7) is 0. The van der Waals surface area contributed by atoms with Gasteiger partial charge in [0, 0.05) is 32.5 Å². The third-order valence-corrected chi connectivity index (χ3v) is 6.93. The number of halogens is 1. The van der Waals surface area contributed by atoms with Crippen LogP contribution in [0, 0.1) is 0 Å². The Morgan fingerprint density at radius 1 is 0.628 bits per heavy atom. The molecule has 2 aromatic heterocycles. The lowest BCUT2D eigenvalue weighted by Gasteiger charge is -2.15. The van der Waals surface area contributed by atoms with Gasteiger partial charge < -0.3 is 35.9 Å². The molecule has 6 aromatic rings. The molecule has 0 radical (unpaired) electrons. The van der Waals surface area contributed by atoms with Crippen LogP contribution in [-0.2, 0) is 0 Å². The minimum Gasteiger partial charge on any atom is -0.308 e. The maximum absolute atomic E-state index is 13.0. The topological polar surface area (TPSA) is 197 Å². The van der Waals surface area contributed by atoms with Gasteiger partial charge in [-0.15, -0.1) is 0 Å². The number of imidazole rings is 2. The van der Waals surface area contributed by atoms with E-state index in [9.17, 15) is 24.0 Å². The van der Waals surface area contributed by atoms with Crippen LogP contribution in [0.25, 0.3) is 33.2 Å².